The third-order valence-electron chi connectivity index (χ3n) is 7.56. The van der Waals surface area contributed by atoms with Crippen molar-refractivity contribution < 1.29 is 0 Å². The molecule has 0 fully saturated rings. The van der Waals surface area contributed by atoms with Gasteiger partial charge in [-0.15, -0.1) is 0 Å². The average molecular weight is 511 g/mol. The Morgan fingerprint density at radius 2 is 1.07 bits per heavy atom. The molecule has 4 aromatic heterocycles. The van der Waals surface area contributed by atoms with Gasteiger partial charge in [0.25, 0.3) is 0 Å². The molecule has 40 heavy (non-hydrogen) atoms. The van der Waals surface area contributed by atoms with E-state index in [0.29, 0.717) is 0 Å². The molecule has 0 bridgehead atoms. The van der Waals surface area contributed by atoms with Gasteiger partial charge in [-0.3, -0.25) is 9.97 Å². The summed E-state index contributed by atoms with van der Waals surface area (Å²) in [5.74, 6) is 0. The first kappa shape index (κ1) is 22.5. The third-order valence-corrected chi connectivity index (χ3v) is 7.56. The quantitative estimate of drug-likeness (QED) is 0.223. The van der Waals surface area contributed by atoms with Crippen LogP contribution in [0.5, 0.6) is 0 Å². The minimum atomic E-state index is 0.888. The summed E-state index contributed by atoms with van der Waals surface area (Å²) in [5.41, 5.74) is 8.66. The number of aromatic nitrogens is 4. The van der Waals surface area contributed by atoms with Gasteiger partial charge >= 0.3 is 0 Å². The summed E-state index contributed by atoms with van der Waals surface area (Å²) in [7, 11) is 0. The summed E-state index contributed by atoms with van der Waals surface area (Å²) in [6.45, 7) is 0. The van der Waals surface area contributed by atoms with Crippen molar-refractivity contribution in [1.29, 1.82) is 0 Å². The van der Waals surface area contributed by atoms with Crippen molar-refractivity contribution >= 4 is 43.5 Å². The molecule has 8 rings (SSSR count). The highest BCUT2D eigenvalue weighted by Crippen LogP contribution is 2.33. The van der Waals surface area contributed by atoms with Gasteiger partial charge in [-0.1, -0.05) is 84.9 Å². The van der Waals surface area contributed by atoms with E-state index >= 15 is 0 Å². The van der Waals surface area contributed by atoms with Gasteiger partial charge in [-0.25, -0.2) is 9.97 Å². The highest BCUT2D eigenvalue weighted by Gasteiger charge is 2.12. The molecule has 0 amide bonds. The van der Waals surface area contributed by atoms with Crippen LogP contribution in [-0.4, -0.2) is 19.9 Å². The maximum absolute atomic E-state index is 5.18. The predicted octanol–water partition coefficient (Wildman–Crippen LogP) is 8.88. The summed E-state index contributed by atoms with van der Waals surface area (Å²) in [6.07, 6.45) is 3.67. The zero-order valence-corrected chi connectivity index (χ0v) is 21.5. The van der Waals surface area contributed by atoms with Crippen molar-refractivity contribution in [2.75, 3.05) is 0 Å². The molecule has 4 aromatic carbocycles. The van der Waals surface area contributed by atoms with E-state index in [4.69, 9.17) is 15.0 Å². The first-order chi connectivity index (χ1) is 19.8. The normalized spacial score (nSPS) is 11.5. The number of fused-ring (bicyclic) bond motifs is 5. The van der Waals surface area contributed by atoms with Crippen LogP contribution in [0.25, 0.3) is 77.3 Å². The lowest BCUT2D eigenvalue weighted by Crippen LogP contribution is -1.92. The second kappa shape index (κ2) is 9.07. The molecule has 0 N–H and O–H groups in total. The van der Waals surface area contributed by atoms with Gasteiger partial charge in [0, 0.05) is 45.2 Å². The molecule has 0 aliphatic carbocycles. The molecule has 0 saturated heterocycles. The fourth-order valence-electron chi connectivity index (χ4n) is 5.59. The zero-order chi connectivity index (χ0) is 26.5. The smallest absolute Gasteiger partial charge is 0.0972 e. The van der Waals surface area contributed by atoms with Gasteiger partial charge < -0.3 is 0 Å². The summed E-state index contributed by atoms with van der Waals surface area (Å²) < 4.78 is 0. The van der Waals surface area contributed by atoms with Crippen LogP contribution in [-0.2, 0) is 0 Å². The monoisotopic (exact) mass is 510 g/mol. The first-order valence-electron chi connectivity index (χ1n) is 13.3. The summed E-state index contributed by atoms with van der Waals surface area (Å²) in [4.78, 5) is 19.6. The maximum atomic E-state index is 5.18. The summed E-state index contributed by atoms with van der Waals surface area (Å²) in [6, 6.07) is 41.8. The van der Waals surface area contributed by atoms with Crippen molar-refractivity contribution in [1.82, 2.24) is 19.9 Å². The van der Waals surface area contributed by atoms with Gasteiger partial charge in [0.05, 0.1) is 33.6 Å². The van der Waals surface area contributed by atoms with Crippen molar-refractivity contribution in [3.63, 3.8) is 0 Å². The standard InChI is InChI=1S/C36H22N4/c1-2-8-27-23(6-1)7-3-9-28(27)33-18-16-25-14-13-24-15-17-31(39-35(24)36(25)40-33)26-19-21-38-34(22-26)30-10-4-12-32-29(30)11-5-20-37-32/h1-22H. The van der Waals surface area contributed by atoms with E-state index in [1.54, 1.807) is 0 Å². The molecule has 0 spiro atoms. The van der Waals surface area contributed by atoms with Crippen molar-refractivity contribution in [2.45, 2.75) is 0 Å². The summed E-state index contributed by atoms with van der Waals surface area (Å²) >= 11 is 0. The minimum Gasteiger partial charge on any atom is -0.256 e. The highest BCUT2D eigenvalue weighted by atomic mass is 14.8. The van der Waals surface area contributed by atoms with Crippen LogP contribution in [0.2, 0.25) is 0 Å². The van der Waals surface area contributed by atoms with E-state index in [0.717, 1.165) is 66.5 Å². The molecule has 186 valence electrons. The van der Waals surface area contributed by atoms with Gasteiger partial charge in [-0.05, 0) is 47.2 Å². The molecule has 4 heteroatoms. The molecule has 8 aromatic rings. The Morgan fingerprint density at radius 1 is 0.400 bits per heavy atom. The molecule has 0 atom stereocenters. The van der Waals surface area contributed by atoms with Crippen LogP contribution in [0.3, 0.4) is 0 Å². The van der Waals surface area contributed by atoms with E-state index < -0.39 is 0 Å². The number of hydrogen-bond acceptors (Lipinski definition) is 4. The van der Waals surface area contributed by atoms with E-state index in [1.165, 1.54) is 10.8 Å². The lowest BCUT2D eigenvalue weighted by Gasteiger charge is -2.10. The molecule has 4 heterocycles. The number of pyridine rings is 4. The molecular formula is C36H22N4. The van der Waals surface area contributed by atoms with Crippen LogP contribution in [0.1, 0.15) is 0 Å². The van der Waals surface area contributed by atoms with Gasteiger partial charge in [0.2, 0.25) is 0 Å². The second-order valence-corrected chi connectivity index (χ2v) is 9.93. The number of nitrogens with zero attached hydrogens (tertiary/aromatic N) is 4. The Balaban J connectivity index is 1.29. The SMILES string of the molecule is c1ccc2c(-c3ccc4ccc5ccc(-c6ccnc(-c7cccc8ncccc78)c6)nc5c4n3)cccc2c1. The number of hydrogen-bond donors (Lipinski definition) is 0. The molecule has 0 aliphatic heterocycles. The van der Waals surface area contributed by atoms with E-state index in [1.807, 2.05) is 36.7 Å². The lowest BCUT2D eigenvalue weighted by molar-refractivity contribution is 1.31. The Kier molecular flexibility index (Phi) is 5.10. The van der Waals surface area contributed by atoms with Crippen LogP contribution in [0.4, 0.5) is 0 Å². The van der Waals surface area contributed by atoms with Crippen LogP contribution >= 0.6 is 0 Å². The molecule has 0 saturated carbocycles. The van der Waals surface area contributed by atoms with Crippen molar-refractivity contribution in [3.8, 4) is 33.8 Å². The van der Waals surface area contributed by atoms with Crippen molar-refractivity contribution in [2.24, 2.45) is 0 Å². The number of rotatable bonds is 3. The Labute approximate surface area is 230 Å². The van der Waals surface area contributed by atoms with E-state index in [9.17, 15) is 0 Å². The van der Waals surface area contributed by atoms with Crippen molar-refractivity contribution in [3.05, 3.63) is 134 Å². The molecular weight excluding hydrogens is 488 g/mol. The highest BCUT2D eigenvalue weighted by molar-refractivity contribution is 6.05. The van der Waals surface area contributed by atoms with E-state index in [-0.39, 0.29) is 0 Å². The molecule has 0 radical (unpaired) electrons. The lowest BCUT2D eigenvalue weighted by atomic mass is 10.0. The molecule has 0 unspecified atom stereocenters. The summed E-state index contributed by atoms with van der Waals surface area (Å²) in [5, 5.41) is 5.61. The first-order valence-corrected chi connectivity index (χ1v) is 13.3. The van der Waals surface area contributed by atoms with Gasteiger partial charge in [-0.2, -0.15) is 0 Å². The minimum absolute atomic E-state index is 0.888. The maximum Gasteiger partial charge on any atom is 0.0972 e. The number of benzene rings is 4. The van der Waals surface area contributed by atoms with Gasteiger partial charge in [0.1, 0.15) is 0 Å². The van der Waals surface area contributed by atoms with Gasteiger partial charge in [0.15, 0.2) is 0 Å². The average Bonchev–Trinajstić information content (AvgIpc) is 3.03. The van der Waals surface area contributed by atoms with Crippen LogP contribution < -0.4 is 0 Å². The van der Waals surface area contributed by atoms with E-state index in [2.05, 4.69) is 102 Å². The fourth-order valence-corrected chi connectivity index (χ4v) is 5.59. The van der Waals surface area contributed by atoms with Crippen LogP contribution in [0, 0.1) is 0 Å². The second-order valence-electron chi connectivity index (χ2n) is 9.93. The Bertz CT molecular complexity index is 2230. The molecule has 0 aliphatic rings. The largest absolute Gasteiger partial charge is 0.256 e. The van der Waals surface area contributed by atoms with Crippen LogP contribution in [0.15, 0.2) is 134 Å². The fraction of sp³-hybridized carbons (Fsp3) is 0. The topological polar surface area (TPSA) is 51.6 Å². The zero-order valence-electron chi connectivity index (χ0n) is 21.5. The molecule has 4 nitrogen and oxygen atoms in total. The third kappa shape index (κ3) is 3.69. The Hall–Kier alpha value is -5.48. The predicted molar refractivity (Wildman–Crippen MR) is 164 cm³/mol. The Morgan fingerprint density at radius 3 is 1.95 bits per heavy atom.